The molecule has 0 aliphatic carbocycles. The first kappa shape index (κ1) is 20.7. The van der Waals surface area contributed by atoms with Crippen LogP contribution in [0, 0.1) is 0 Å². The maximum Gasteiger partial charge on any atom is 0.326 e. The van der Waals surface area contributed by atoms with Crippen LogP contribution in [0.1, 0.15) is 18.4 Å². The molecule has 0 saturated heterocycles. The Balaban J connectivity index is 2.59. The van der Waals surface area contributed by atoms with E-state index < -0.39 is 30.1 Å². The standard InChI is InChI=1S/C16H23N5O5/c17-15(18)19-8-4-7-11(13(22)23)20-16(26)21-12(14(24)25)9-10-5-2-1-3-6-10/h1-3,5-6,11-12H,4,7-9H2,(H,22,23)(H,24,25)(H4,17,18,19)(H2,20,21,26)/t11-,12?/m0/s1. The number of carbonyl (C=O) groups excluding carboxylic acids is 1. The molecule has 0 spiro atoms. The van der Waals surface area contributed by atoms with Crippen LogP contribution in [0.2, 0.25) is 0 Å². The average Bonchev–Trinajstić information content (AvgIpc) is 2.57. The molecular weight excluding hydrogens is 342 g/mol. The van der Waals surface area contributed by atoms with Crippen LogP contribution in [0.3, 0.4) is 0 Å². The zero-order valence-electron chi connectivity index (χ0n) is 14.1. The molecule has 1 rings (SSSR count). The Morgan fingerprint density at radius 1 is 1.00 bits per heavy atom. The normalized spacial score (nSPS) is 12.5. The van der Waals surface area contributed by atoms with E-state index in [1.807, 2.05) is 0 Å². The number of rotatable bonds is 10. The van der Waals surface area contributed by atoms with Crippen molar-refractivity contribution >= 4 is 23.9 Å². The van der Waals surface area contributed by atoms with Gasteiger partial charge in [0.05, 0.1) is 0 Å². The van der Waals surface area contributed by atoms with Crippen LogP contribution in [0.4, 0.5) is 4.79 Å². The number of carbonyl (C=O) groups is 3. The van der Waals surface area contributed by atoms with E-state index in [2.05, 4.69) is 15.6 Å². The number of hydrogen-bond acceptors (Lipinski definition) is 4. The molecule has 1 aromatic carbocycles. The Bertz CT molecular complexity index is 646. The molecule has 26 heavy (non-hydrogen) atoms. The second-order valence-electron chi connectivity index (χ2n) is 5.54. The molecule has 0 aliphatic rings. The minimum atomic E-state index is -1.24. The molecule has 0 bridgehead atoms. The van der Waals surface area contributed by atoms with Crippen LogP contribution < -0.4 is 22.1 Å². The number of aliphatic imine (C=N–C) groups is 1. The second kappa shape index (κ2) is 10.5. The first-order valence-electron chi connectivity index (χ1n) is 7.91. The number of guanidine groups is 1. The molecule has 1 unspecified atom stereocenters. The van der Waals surface area contributed by atoms with Gasteiger partial charge in [-0.15, -0.1) is 0 Å². The van der Waals surface area contributed by atoms with Gasteiger partial charge in [0, 0.05) is 13.0 Å². The van der Waals surface area contributed by atoms with Gasteiger partial charge >= 0.3 is 18.0 Å². The van der Waals surface area contributed by atoms with Crippen molar-refractivity contribution in [2.75, 3.05) is 6.54 Å². The van der Waals surface area contributed by atoms with Crippen molar-refractivity contribution in [3.05, 3.63) is 35.9 Å². The fraction of sp³-hybridized carbons (Fsp3) is 0.375. The maximum absolute atomic E-state index is 12.0. The molecule has 142 valence electrons. The summed E-state index contributed by atoms with van der Waals surface area (Å²) in [7, 11) is 0. The SMILES string of the molecule is NC(N)=NCCC[C@H](NC(=O)NC(Cc1ccccc1)C(=O)O)C(=O)O. The van der Waals surface area contributed by atoms with Gasteiger partial charge in [0.1, 0.15) is 12.1 Å². The monoisotopic (exact) mass is 365 g/mol. The summed E-state index contributed by atoms with van der Waals surface area (Å²) in [5.74, 6) is -2.56. The van der Waals surface area contributed by atoms with Gasteiger partial charge < -0.3 is 32.3 Å². The number of nitrogens with two attached hydrogens (primary N) is 2. The Morgan fingerprint density at radius 2 is 1.58 bits per heavy atom. The number of carboxylic acid groups (broad SMARTS) is 2. The van der Waals surface area contributed by atoms with Crippen molar-refractivity contribution in [1.29, 1.82) is 0 Å². The quantitative estimate of drug-likeness (QED) is 0.183. The predicted octanol–water partition coefficient (Wildman–Crippen LogP) is -0.512. The van der Waals surface area contributed by atoms with E-state index in [4.69, 9.17) is 16.6 Å². The van der Waals surface area contributed by atoms with Crippen molar-refractivity contribution in [3.63, 3.8) is 0 Å². The Kier molecular flexibility index (Phi) is 8.41. The zero-order valence-corrected chi connectivity index (χ0v) is 14.1. The summed E-state index contributed by atoms with van der Waals surface area (Å²) in [6, 6.07) is 5.53. The summed E-state index contributed by atoms with van der Waals surface area (Å²) in [6.45, 7) is 0.223. The molecule has 0 aliphatic heterocycles. The van der Waals surface area contributed by atoms with Gasteiger partial charge in [-0.2, -0.15) is 0 Å². The third-order valence-electron chi connectivity index (χ3n) is 3.43. The molecular formula is C16H23N5O5. The van der Waals surface area contributed by atoms with Gasteiger partial charge in [0.2, 0.25) is 0 Å². The third kappa shape index (κ3) is 7.99. The summed E-state index contributed by atoms with van der Waals surface area (Å²) in [5, 5.41) is 23.0. The topological polar surface area (TPSA) is 180 Å². The minimum Gasteiger partial charge on any atom is -0.480 e. The van der Waals surface area contributed by atoms with E-state index in [0.29, 0.717) is 6.42 Å². The lowest BCUT2D eigenvalue weighted by atomic mass is 10.1. The largest absolute Gasteiger partial charge is 0.480 e. The van der Waals surface area contributed by atoms with E-state index in [9.17, 15) is 19.5 Å². The molecule has 0 radical (unpaired) electrons. The summed E-state index contributed by atoms with van der Waals surface area (Å²) in [5.41, 5.74) is 11.1. The lowest BCUT2D eigenvalue weighted by Crippen LogP contribution is -2.51. The number of urea groups is 1. The lowest BCUT2D eigenvalue weighted by molar-refractivity contribution is -0.139. The summed E-state index contributed by atoms with van der Waals surface area (Å²) in [6.07, 6.45) is 0.503. The van der Waals surface area contributed by atoms with Crippen molar-refractivity contribution in [2.45, 2.75) is 31.3 Å². The lowest BCUT2D eigenvalue weighted by Gasteiger charge is -2.18. The van der Waals surface area contributed by atoms with Crippen molar-refractivity contribution < 1.29 is 24.6 Å². The zero-order chi connectivity index (χ0) is 19.5. The van der Waals surface area contributed by atoms with Gasteiger partial charge in [-0.25, -0.2) is 14.4 Å². The maximum atomic E-state index is 12.0. The highest BCUT2D eigenvalue weighted by atomic mass is 16.4. The molecule has 10 heteroatoms. The highest BCUT2D eigenvalue weighted by Gasteiger charge is 2.24. The molecule has 0 fully saturated rings. The van der Waals surface area contributed by atoms with Crippen molar-refractivity contribution in [1.82, 2.24) is 10.6 Å². The van der Waals surface area contributed by atoms with Crippen LogP contribution in [0.5, 0.6) is 0 Å². The van der Waals surface area contributed by atoms with Crippen molar-refractivity contribution in [3.8, 4) is 0 Å². The number of benzene rings is 1. The van der Waals surface area contributed by atoms with Crippen molar-refractivity contribution in [2.24, 2.45) is 16.5 Å². The third-order valence-corrected chi connectivity index (χ3v) is 3.43. The van der Waals surface area contributed by atoms with Gasteiger partial charge in [-0.3, -0.25) is 4.99 Å². The second-order valence-corrected chi connectivity index (χ2v) is 5.54. The predicted molar refractivity (Wildman–Crippen MR) is 94.6 cm³/mol. The Morgan fingerprint density at radius 3 is 2.12 bits per heavy atom. The number of amides is 2. The van der Waals surface area contributed by atoms with E-state index in [-0.39, 0.29) is 25.3 Å². The molecule has 2 amide bonds. The number of carboxylic acids is 2. The van der Waals surface area contributed by atoms with E-state index in [1.165, 1.54) is 0 Å². The fourth-order valence-electron chi connectivity index (χ4n) is 2.17. The summed E-state index contributed by atoms with van der Waals surface area (Å²) in [4.78, 5) is 38.3. The first-order valence-corrected chi connectivity index (χ1v) is 7.91. The molecule has 0 aromatic heterocycles. The number of nitrogens with zero attached hydrogens (tertiary/aromatic N) is 1. The highest BCUT2D eigenvalue weighted by Crippen LogP contribution is 2.04. The molecule has 10 nitrogen and oxygen atoms in total. The van der Waals surface area contributed by atoms with Gasteiger partial charge in [-0.1, -0.05) is 30.3 Å². The number of nitrogens with one attached hydrogen (secondary N) is 2. The number of aliphatic carboxylic acids is 2. The van der Waals surface area contributed by atoms with E-state index >= 15 is 0 Å². The van der Waals surface area contributed by atoms with Crippen LogP contribution in [-0.2, 0) is 16.0 Å². The number of hydrogen-bond donors (Lipinski definition) is 6. The van der Waals surface area contributed by atoms with Gasteiger partial charge in [0.25, 0.3) is 0 Å². The average molecular weight is 365 g/mol. The van der Waals surface area contributed by atoms with Gasteiger partial charge in [-0.05, 0) is 18.4 Å². The van der Waals surface area contributed by atoms with Crippen LogP contribution in [-0.4, -0.2) is 52.8 Å². The highest BCUT2D eigenvalue weighted by molar-refractivity contribution is 5.86. The van der Waals surface area contributed by atoms with Crippen LogP contribution >= 0.6 is 0 Å². The Labute approximate surface area is 150 Å². The molecule has 0 saturated carbocycles. The first-order chi connectivity index (χ1) is 12.3. The molecule has 1 aromatic rings. The van der Waals surface area contributed by atoms with Crippen LogP contribution in [0.15, 0.2) is 35.3 Å². The summed E-state index contributed by atoms with van der Waals surface area (Å²) >= 11 is 0. The van der Waals surface area contributed by atoms with E-state index in [1.54, 1.807) is 30.3 Å². The molecule has 0 heterocycles. The smallest absolute Gasteiger partial charge is 0.326 e. The van der Waals surface area contributed by atoms with Gasteiger partial charge in [0.15, 0.2) is 5.96 Å². The summed E-state index contributed by atoms with van der Waals surface area (Å²) < 4.78 is 0. The Hall–Kier alpha value is -3.30. The van der Waals surface area contributed by atoms with Crippen LogP contribution in [0.25, 0.3) is 0 Å². The minimum absolute atomic E-state index is 0.0752. The fourth-order valence-corrected chi connectivity index (χ4v) is 2.17. The molecule has 8 N–H and O–H groups in total. The molecule has 2 atom stereocenters. The van der Waals surface area contributed by atoms with E-state index in [0.717, 1.165) is 5.56 Å².